The van der Waals surface area contributed by atoms with Gasteiger partial charge in [0.25, 0.3) is 0 Å². The number of aromatic nitrogens is 1. The fourth-order valence-electron chi connectivity index (χ4n) is 5.10. The van der Waals surface area contributed by atoms with E-state index in [1.807, 2.05) is 11.0 Å². The van der Waals surface area contributed by atoms with Crippen molar-refractivity contribution < 1.29 is 4.79 Å². The molecule has 4 nitrogen and oxygen atoms in total. The Morgan fingerprint density at radius 2 is 1.97 bits per heavy atom. The molecule has 0 aliphatic carbocycles. The molecule has 0 saturated carbocycles. The number of H-pyrrole nitrogens is 1. The first-order valence-corrected chi connectivity index (χ1v) is 11.1. The highest BCUT2D eigenvalue weighted by molar-refractivity contribution is 5.94. The molecule has 1 aromatic heterocycles. The zero-order valence-corrected chi connectivity index (χ0v) is 17.6. The number of hydrogen-bond acceptors (Lipinski definition) is 2. The zero-order valence-electron chi connectivity index (χ0n) is 17.6. The molecule has 0 fully saturated rings. The van der Waals surface area contributed by atoms with Crippen LogP contribution in [0.5, 0.6) is 0 Å². The van der Waals surface area contributed by atoms with Gasteiger partial charge in [-0.15, -0.1) is 0 Å². The summed E-state index contributed by atoms with van der Waals surface area (Å²) in [5.74, 6) is 0.614. The number of nitrogens with one attached hydrogen (secondary N) is 1. The third-order valence-corrected chi connectivity index (χ3v) is 6.71. The van der Waals surface area contributed by atoms with Gasteiger partial charge in [-0.05, 0) is 49.1 Å². The number of nitrogens with zero attached hydrogens (tertiary/aromatic N) is 2. The van der Waals surface area contributed by atoms with Crippen molar-refractivity contribution >= 4 is 28.1 Å². The number of aromatic amines is 1. The van der Waals surface area contributed by atoms with Gasteiger partial charge in [0.2, 0.25) is 5.91 Å². The Bertz CT molecular complexity index is 1100. The van der Waals surface area contributed by atoms with E-state index in [0.29, 0.717) is 5.92 Å². The highest BCUT2D eigenvalue weighted by Gasteiger charge is 2.30. The molecule has 4 heteroatoms. The fourth-order valence-corrected chi connectivity index (χ4v) is 5.10. The van der Waals surface area contributed by atoms with Crippen molar-refractivity contribution in [2.45, 2.75) is 32.1 Å². The highest BCUT2D eigenvalue weighted by Crippen LogP contribution is 2.38. The van der Waals surface area contributed by atoms with Gasteiger partial charge in [-0.2, -0.15) is 0 Å². The van der Waals surface area contributed by atoms with E-state index in [0.717, 1.165) is 44.7 Å². The maximum absolute atomic E-state index is 12.0. The number of hydrogen-bond donors (Lipinski definition) is 1. The molecule has 0 radical (unpaired) electrons. The van der Waals surface area contributed by atoms with Crippen LogP contribution in [0.1, 0.15) is 43.2 Å². The van der Waals surface area contributed by atoms with Crippen LogP contribution < -0.4 is 4.90 Å². The van der Waals surface area contributed by atoms with Crippen molar-refractivity contribution in [3.63, 3.8) is 0 Å². The number of carbonyl (C=O) groups excluding carboxylic acids is 1. The number of fused-ring (bicyclic) bond motifs is 2. The van der Waals surface area contributed by atoms with Gasteiger partial charge in [-0.25, -0.2) is 0 Å². The smallest absolute Gasteiger partial charge is 0.223 e. The fraction of sp³-hybridized carbons (Fsp3) is 0.346. The van der Waals surface area contributed by atoms with Crippen molar-refractivity contribution in [3.05, 3.63) is 71.9 Å². The molecule has 3 heterocycles. The largest absolute Gasteiger partial charge is 0.361 e. The second-order valence-electron chi connectivity index (χ2n) is 8.56. The average molecular weight is 400 g/mol. The Balaban J connectivity index is 1.18. The third kappa shape index (κ3) is 3.56. The first-order valence-electron chi connectivity index (χ1n) is 11.1. The van der Waals surface area contributed by atoms with Gasteiger partial charge in [-0.1, -0.05) is 42.5 Å². The van der Waals surface area contributed by atoms with Gasteiger partial charge in [0.1, 0.15) is 0 Å². The summed E-state index contributed by atoms with van der Waals surface area (Å²) < 4.78 is 0. The summed E-state index contributed by atoms with van der Waals surface area (Å²) in [5.41, 5.74) is 6.49. The standard InChI is InChI=1S/C26H29N3O/c1-19(30)29-18-21(22-8-3-5-11-26(22)29)7-6-14-28-15-12-20(13-16-28)24-17-27-25-10-4-2-9-23(24)25/h2-5,8-12,17,21,27H,6-7,13-16,18H2,1H3. The summed E-state index contributed by atoms with van der Waals surface area (Å²) >= 11 is 0. The predicted octanol–water partition coefficient (Wildman–Crippen LogP) is 5.19. The normalized spacial score (nSPS) is 19.2. The van der Waals surface area contributed by atoms with E-state index >= 15 is 0 Å². The van der Waals surface area contributed by atoms with Crippen LogP contribution in [0.25, 0.3) is 16.5 Å². The molecule has 2 aliphatic rings. The molecule has 2 aromatic carbocycles. The molecule has 154 valence electrons. The molecule has 1 atom stereocenters. The van der Waals surface area contributed by atoms with Crippen LogP contribution in [0.3, 0.4) is 0 Å². The number of para-hydroxylation sites is 2. The monoisotopic (exact) mass is 399 g/mol. The van der Waals surface area contributed by atoms with Gasteiger partial charge in [0.05, 0.1) is 0 Å². The Morgan fingerprint density at radius 3 is 2.80 bits per heavy atom. The summed E-state index contributed by atoms with van der Waals surface area (Å²) in [6, 6.07) is 16.9. The molecule has 30 heavy (non-hydrogen) atoms. The first-order chi connectivity index (χ1) is 14.7. The summed E-state index contributed by atoms with van der Waals surface area (Å²) in [6.45, 7) is 5.77. The van der Waals surface area contributed by atoms with Crippen molar-refractivity contribution in [2.24, 2.45) is 0 Å². The van der Waals surface area contributed by atoms with E-state index in [9.17, 15) is 4.79 Å². The molecule has 1 N–H and O–H groups in total. The summed E-state index contributed by atoms with van der Waals surface area (Å²) in [7, 11) is 0. The topological polar surface area (TPSA) is 39.3 Å². The van der Waals surface area contributed by atoms with Crippen molar-refractivity contribution in [1.29, 1.82) is 0 Å². The third-order valence-electron chi connectivity index (χ3n) is 6.71. The molecule has 1 amide bonds. The van der Waals surface area contributed by atoms with Crippen molar-refractivity contribution in [2.75, 3.05) is 31.1 Å². The molecular weight excluding hydrogens is 370 g/mol. The second-order valence-corrected chi connectivity index (χ2v) is 8.56. The molecular formula is C26H29N3O. The van der Waals surface area contributed by atoms with E-state index in [4.69, 9.17) is 0 Å². The van der Waals surface area contributed by atoms with E-state index in [-0.39, 0.29) is 5.91 Å². The van der Waals surface area contributed by atoms with E-state index in [2.05, 4.69) is 64.6 Å². The quantitative estimate of drug-likeness (QED) is 0.641. The van der Waals surface area contributed by atoms with Gasteiger partial charge in [0, 0.05) is 60.8 Å². The van der Waals surface area contributed by atoms with E-state index in [1.54, 1.807) is 6.92 Å². The van der Waals surface area contributed by atoms with Gasteiger partial charge >= 0.3 is 0 Å². The molecule has 1 unspecified atom stereocenters. The van der Waals surface area contributed by atoms with Crippen LogP contribution in [0, 0.1) is 0 Å². The van der Waals surface area contributed by atoms with Gasteiger partial charge in [0.15, 0.2) is 0 Å². The Labute approximate surface area is 178 Å². The van der Waals surface area contributed by atoms with Crippen LogP contribution in [0.15, 0.2) is 60.8 Å². The SMILES string of the molecule is CC(=O)N1CC(CCCN2CC=C(c3c[nH]c4ccccc34)CC2)c2ccccc21. The highest BCUT2D eigenvalue weighted by atomic mass is 16.2. The van der Waals surface area contributed by atoms with Gasteiger partial charge in [-0.3, -0.25) is 9.69 Å². The van der Waals surface area contributed by atoms with E-state index < -0.39 is 0 Å². The van der Waals surface area contributed by atoms with Gasteiger partial charge < -0.3 is 9.88 Å². The van der Waals surface area contributed by atoms with Crippen LogP contribution in [-0.4, -0.2) is 42.0 Å². The Kier molecular flexibility index (Phi) is 5.17. The lowest BCUT2D eigenvalue weighted by Crippen LogP contribution is -2.30. The molecule has 0 saturated heterocycles. The summed E-state index contributed by atoms with van der Waals surface area (Å²) in [4.78, 5) is 19.9. The maximum atomic E-state index is 12.0. The molecule has 0 bridgehead atoms. The molecule has 0 spiro atoms. The minimum atomic E-state index is 0.149. The van der Waals surface area contributed by atoms with Crippen LogP contribution >= 0.6 is 0 Å². The van der Waals surface area contributed by atoms with Crippen molar-refractivity contribution in [1.82, 2.24) is 9.88 Å². The number of anilines is 1. The molecule has 2 aliphatic heterocycles. The van der Waals surface area contributed by atoms with Crippen LogP contribution in [0.4, 0.5) is 5.69 Å². The Hall–Kier alpha value is -2.85. The first kappa shape index (κ1) is 19.1. The average Bonchev–Trinajstić information content (AvgIpc) is 3.37. The van der Waals surface area contributed by atoms with Crippen LogP contribution in [-0.2, 0) is 4.79 Å². The maximum Gasteiger partial charge on any atom is 0.223 e. The molecule has 3 aromatic rings. The lowest BCUT2D eigenvalue weighted by molar-refractivity contribution is -0.116. The van der Waals surface area contributed by atoms with Crippen LogP contribution in [0.2, 0.25) is 0 Å². The zero-order chi connectivity index (χ0) is 20.5. The van der Waals surface area contributed by atoms with E-state index in [1.165, 1.54) is 34.0 Å². The number of benzene rings is 2. The second kappa shape index (κ2) is 8.11. The molecule has 5 rings (SSSR count). The number of carbonyl (C=O) groups is 1. The lowest BCUT2D eigenvalue weighted by Gasteiger charge is -2.26. The minimum absolute atomic E-state index is 0.149. The summed E-state index contributed by atoms with van der Waals surface area (Å²) in [6.07, 6.45) is 7.97. The summed E-state index contributed by atoms with van der Waals surface area (Å²) in [5, 5.41) is 1.33. The van der Waals surface area contributed by atoms with Crippen molar-refractivity contribution in [3.8, 4) is 0 Å². The number of rotatable bonds is 5. The number of amides is 1. The minimum Gasteiger partial charge on any atom is -0.361 e. The predicted molar refractivity (Wildman–Crippen MR) is 124 cm³/mol. The lowest BCUT2D eigenvalue weighted by atomic mass is 9.95. The Morgan fingerprint density at radius 1 is 1.13 bits per heavy atom.